The van der Waals surface area contributed by atoms with Gasteiger partial charge in [-0.1, -0.05) is 32.9 Å². The Bertz CT molecular complexity index is 674. The highest BCUT2D eigenvalue weighted by molar-refractivity contribution is 7.09. The lowest BCUT2D eigenvalue weighted by Gasteiger charge is -2.23. The molecule has 1 aromatic heterocycles. The Balaban J connectivity index is 1.55. The van der Waals surface area contributed by atoms with Crippen LogP contribution in [0.15, 0.2) is 17.5 Å². The normalized spacial score (nSPS) is 28.3. The number of nitrogens with zero attached hydrogens (tertiary/aromatic N) is 1. The average Bonchev–Trinajstić information content (AvgIpc) is 3.20. The second-order valence-corrected chi connectivity index (χ2v) is 8.70. The molecule has 0 aromatic carbocycles. The number of hydrogen-bond acceptors (Lipinski definition) is 4. The summed E-state index contributed by atoms with van der Waals surface area (Å²) in [6.07, 6.45) is 5.43. The van der Waals surface area contributed by atoms with Crippen molar-refractivity contribution in [1.29, 1.82) is 0 Å². The number of carbonyl (C=O) groups excluding carboxylic acids is 1. The SMILES string of the molecule is CC(C)(C)c1csc(CCNC(=O)C2C3C=CC(C3)C2C(=O)O)n1. The molecule has 1 amide bonds. The van der Waals surface area contributed by atoms with Gasteiger partial charge in [-0.15, -0.1) is 11.3 Å². The minimum absolute atomic E-state index is 0.0107. The van der Waals surface area contributed by atoms with Gasteiger partial charge in [0.05, 0.1) is 22.5 Å². The van der Waals surface area contributed by atoms with Crippen LogP contribution < -0.4 is 5.32 Å². The van der Waals surface area contributed by atoms with Crippen molar-refractivity contribution < 1.29 is 14.7 Å². The van der Waals surface area contributed by atoms with Gasteiger partial charge in [0.15, 0.2) is 0 Å². The molecule has 2 aliphatic rings. The maximum absolute atomic E-state index is 12.5. The number of fused-ring (bicyclic) bond motifs is 2. The van der Waals surface area contributed by atoms with E-state index in [4.69, 9.17) is 0 Å². The van der Waals surface area contributed by atoms with Crippen LogP contribution >= 0.6 is 11.3 Å². The predicted octanol–water partition coefficient (Wildman–Crippen LogP) is 2.62. The summed E-state index contributed by atoms with van der Waals surface area (Å²) in [5.74, 6) is -1.92. The molecule has 0 aliphatic heterocycles. The van der Waals surface area contributed by atoms with E-state index in [-0.39, 0.29) is 23.2 Å². The van der Waals surface area contributed by atoms with Gasteiger partial charge in [-0.25, -0.2) is 4.98 Å². The molecule has 2 aliphatic carbocycles. The van der Waals surface area contributed by atoms with Crippen LogP contribution in [0.3, 0.4) is 0 Å². The largest absolute Gasteiger partial charge is 0.481 e. The smallest absolute Gasteiger partial charge is 0.307 e. The first kappa shape index (κ1) is 17.1. The Kier molecular flexibility index (Phi) is 4.51. The van der Waals surface area contributed by atoms with Crippen LogP contribution in [0, 0.1) is 23.7 Å². The number of aliphatic carboxylic acids is 1. The summed E-state index contributed by atoms with van der Waals surface area (Å²) < 4.78 is 0. The molecule has 1 fully saturated rings. The minimum Gasteiger partial charge on any atom is -0.481 e. The number of hydrogen-bond donors (Lipinski definition) is 2. The fourth-order valence-electron chi connectivity index (χ4n) is 3.70. The van der Waals surface area contributed by atoms with Gasteiger partial charge < -0.3 is 10.4 Å². The zero-order chi connectivity index (χ0) is 17.5. The van der Waals surface area contributed by atoms with Gasteiger partial charge in [0.1, 0.15) is 0 Å². The second kappa shape index (κ2) is 6.31. The summed E-state index contributed by atoms with van der Waals surface area (Å²) in [5, 5.41) is 15.4. The lowest BCUT2D eigenvalue weighted by Crippen LogP contribution is -2.40. The number of nitrogens with one attached hydrogen (secondary N) is 1. The van der Waals surface area contributed by atoms with Gasteiger partial charge in [-0.3, -0.25) is 9.59 Å². The molecule has 3 rings (SSSR count). The van der Waals surface area contributed by atoms with E-state index < -0.39 is 17.8 Å². The van der Waals surface area contributed by atoms with Crippen molar-refractivity contribution in [2.24, 2.45) is 23.7 Å². The minimum atomic E-state index is -0.859. The molecule has 1 heterocycles. The van der Waals surface area contributed by atoms with Gasteiger partial charge in [-0.05, 0) is 18.3 Å². The van der Waals surface area contributed by atoms with Crippen LogP contribution in [0.1, 0.15) is 37.9 Å². The number of carboxylic acid groups (broad SMARTS) is 1. The Morgan fingerprint density at radius 3 is 2.54 bits per heavy atom. The van der Waals surface area contributed by atoms with Gasteiger partial charge in [0, 0.05) is 23.8 Å². The molecule has 0 saturated heterocycles. The topological polar surface area (TPSA) is 79.3 Å². The number of rotatable bonds is 5. The Morgan fingerprint density at radius 2 is 1.96 bits per heavy atom. The lowest BCUT2D eigenvalue weighted by atomic mass is 9.82. The Labute approximate surface area is 146 Å². The number of allylic oxidation sites excluding steroid dienone is 2. The van der Waals surface area contributed by atoms with Crippen molar-refractivity contribution in [3.05, 3.63) is 28.2 Å². The number of carbonyl (C=O) groups is 2. The van der Waals surface area contributed by atoms with Gasteiger partial charge in [0.2, 0.25) is 5.91 Å². The van der Waals surface area contributed by atoms with Crippen LogP contribution in [0.4, 0.5) is 0 Å². The highest BCUT2D eigenvalue weighted by Crippen LogP contribution is 2.48. The summed E-state index contributed by atoms with van der Waals surface area (Å²) in [6.45, 7) is 6.88. The van der Waals surface area contributed by atoms with E-state index in [2.05, 4.69) is 36.5 Å². The standard InChI is InChI=1S/C18H24N2O3S/c1-18(2,3)12-9-24-13(20-12)6-7-19-16(21)14-10-4-5-11(8-10)15(14)17(22)23/h4-5,9-11,14-15H,6-8H2,1-3H3,(H,19,21)(H,22,23). The molecule has 4 unspecified atom stereocenters. The first-order valence-electron chi connectivity index (χ1n) is 8.41. The quantitative estimate of drug-likeness (QED) is 0.802. The molecule has 0 spiro atoms. The molecule has 24 heavy (non-hydrogen) atoms. The fraction of sp³-hybridized carbons (Fsp3) is 0.611. The van der Waals surface area contributed by atoms with E-state index in [1.54, 1.807) is 11.3 Å². The maximum Gasteiger partial charge on any atom is 0.307 e. The van der Waals surface area contributed by atoms with Crippen LogP contribution in [0.2, 0.25) is 0 Å². The summed E-state index contributed by atoms with van der Waals surface area (Å²) in [6, 6.07) is 0. The van der Waals surface area contributed by atoms with Gasteiger partial charge in [0.25, 0.3) is 0 Å². The van der Waals surface area contributed by atoms with Crippen LogP contribution in [0.25, 0.3) is 0 Å². The van der Waals surface area contributed by atoms with E-state index in [9.17, 15) is 14.7 Å². The van der Waals surface area contributed by atoms with E-state index in [0.717, 1.165) is 17.1 Å². The van der Waals surface area contributed by atoms with Crippen molar-refractivity contribution in [2.75, 3.05) is 6.54 Å². The zero-order valence-electron chi connectivity index (χ0n) is 14.3. The molecular formula is C18H24N2O3S. The maximum atomic E-state index is 12.5. The third-order valence-corrected chi connectivity index (χ3v) is 5.91. The van der Waals surface area contributed by atoms with E-state index in [0.29, 0.717) is 13.0 Å². The van der Waals surface area contributed by atoms with E-state index >= 15 is 0 Å². The second-order valence-electron chi connectivity index (χ2n) is 7.76. The first-order valence-corrected chi connectivity index (χ1v) is 9.29. The van der Waals surface area contributed by atoms with Crippen molar-refractivity contribution >= 4 is 23.2 Å². The molecular weight excluding hydrogens is 324 g/mol. The number of aromatic nitrogens is 1. The monoisotopic (exact) mass is 348 g/mol. The highest BCUT2D eigenvalue weighted by Gasteiger charge is 2.51. The lowest BCUT2D eigenvalue weighted by molar-refractivity contribution is -0.147. The number of amides is 1. The predicted molar refractivity (Wildman–Crippen MR) is 92.9 cm³/mol. The average molecular weight is 348 g/mol. The molecule has 5 nitrogen and oxygen atoms in total. The zero-order valence-corrected chi connectivity index (χ0v) is 15.1. The molecule has 4 atom stereocenters. The summed E-state index contributed by atoms with van der Waals surface area (Å²) in [4.78, 5) is 28.6. The van der Waals surface area contributed by atoms with Crippen molar-refractivity contribution in [3.63, 3.8) is 0 Å². The van der Waals surface area contributed by atoms with Gasteiger partial charge in [-0.2, -0.15) is 0 Å². The van der Waals surface area contributed by atoms with Crippen molar-refractivity contribution in [1.82, 2.24) is 10.3 Å². The molecule has 2 bridgehead atoms. The van der Waals surface area contributed by atoms with Crippen LogP contribution in [-0.2, 0) is 21.4 Å². The Morgan fingerprint density at radius 1 is 1.29 bits per heavy atom. The fourth-order valence-corrected chi connectivity index (χ4v) is 4.72. The third-order valence-electron chi connectivity index (χ3n) is 5.01. The first-order chi connectivity index (χ1) is 11.3. The molecule has 0 radical (unpaired) electrons. The summed E-state index contributed by atoms with van der Waals surface area (Å²) in [7, 11) is 0. The Hall–Kier alpha value is -1.69. The molecule has 1 saturated carbocycles. The third kappa shape index (κ3) is 3.24. The number of carboxylic acids is 1. The van der Waals surface area contributed by atoms with Gasteiger partial charge >= 0.3 is 5.97 Å². The highest BCUT2D eigenvalue weighted by atomic mass is 32.1. The van der Waals surface area contributed by atoms with Crippen LogP contribution in [0.5, 0.6) is 0 Å². The molecule has 130 valence electrons. The summed E-state index contributed by atoms with van der Waals surface area (Å²) in [5.41, 5.74) is 1.10. The number of thiazole rings is 1. The molecule has 2 N–H and O–H groups in total. The van der Waals surface area contributed by atoms with Crippen molar-refractivity contribution in [3.8, 4) is 0 Å². The van der Waals surface area contributed by atoms with Crippen LogP contribution in [-0.4, -0.2) is 28.5 Å². The molecule has 6 heteroatoms. The van der Waals surface area contributed by atoms with E-state index in [1.807, 2.05) is 12.2 Å². The van der Waals surface area contributed by atoms with E-state index in [1.165, 1.54) is 0 Å². The summed E-state index contributed by atoms with van der Waals surface area (Å²) >= 11 is 1.61. The molecule has 1 aromatic rings. The van der Waals surface area contributed by atoms with Crippen molar-refractivity contribution in [2.45, 2.75) is 39.0 Å².